The number of para-hydroxylation sites is 1. The molecule has 2 nitrogen and oxygen atoms in total. The standard InChI is InChI=1S/C17H15NO/c1-12-16(11-13-7-3-2-4-8-13)18-15-10-6-5-9-14(15)17(12)19/h2-10H,11H2,1H3,(H,18,19). The van der Waals surface area contributed by atoms with Gasteiger partial charge < -0.3 is 4.98 Å². The van der Waals surface area contributed by atoms with E-state index in [4.69, 9.17) is 0 Å². The maximum absolute atomic E-state index is 12.3. The molecule has 94 valence electrons. The third-order valence-corrected chi connectivity index (χ3v) is 3.47. The van der Waals surface area contributed by atoms with E-state index in [0.29, 0.717) is 0 Å². The smallest absolute Gasteiger partial charge is 0.192 e. The third-order valence-electron chi connectivity index (χ3n) is 3.47. The van der Waals surface area contributed by atoms with Crippen LogP contribution in [0.1, 0.15) is 16.8 Å². The third kappa shape index (κ3) is 2.17. The zero-order valence-electron chi connectivity index (χ0n) is 10.8. The van der Waals surface area contributed by atoms with Gasteiger partial charge >= 0.3 is 0 Å². The molecule has 3 aromatic rings. The van der Waals surface area contributed by atoms with E-state index in [0.717, 1.165) is 28.6 Å². The van der Waals surface area contributed by atoms with Crippen LogP contribution < -0.4 is 5.43 Å². The quantitative estimate of drug-likeness (QED) is 0.741. The molecule has 0 unspecified atom stereocenters. The van der Waals surface area contributed by atoms with Gasteiger partial charge in [-0.3, -0.25) is 4.79 Å². The highest BCUT2D eigenvalue weighted by molar-refractivity contribution is 5.79. The fraction of sp³-hybridized carbons (Fsp3) is 0.118. The van der Waals surface area contributed by atoms with Crippen molar-refractivity contribution in [2.75, 3.05) is 0 Å². The van der Waals surface area contributed by atoms with Crippen LogP contribution in [0.5, 0.6) is 0 Å². The van der Waals surface area contributed by atoms with Gasteiger partial charge in [0.25, 0.3) is 0 Å². The predicted molar refractivity (Wildman–Crippen MR) is 78.6 cm³/mol. The molecular formula is C17H15NO. The highest BCUT2D eigenvalue weighted by Gasteiger charge is 2.08. The van der Waals surface area contributed by atoms with E-state index in [1.54, 1.807) is 0 Å². The first-order valence-electron chi connectivity index (χ1n) is 6.40. The first-order chi connectivity index (χ1) is 9.25. The number of nitrogens with one attached hydrogen (secondary N) is 1. The van der Waals surface area contributed by atoms with Gasteiger partial charge in [0.2, 0.25) is 0 Å². The fourth-order valence-corrected chi connectivity index (χ4v) is 2.36. The van der Waals surface area contributed by atoms with Gasteiger partial charge in [-0.25, -0.2) is 0 Å². The lowest BCUT2D eigenvalue weighted by atomic mass is 10.0. The normalized spacial score (nSPS) is 10.8. The molecule has 2 heteroatoms. The molecule has 0 aliphatic carbocycles. The maximum Gasteiger partial charge on any atom is 0.192 e. The number of rotatable bonds is 2. The van der Waals surface area contributed by atoms with Crippen molar-refractivity contribution < 1.29 is 0 Å². The van der Waals surface area contributed by atoms with E-state index in [-0.39, 0.29) is 5.43 Å². The summed E-state index contributed by atoms with van der Waals surface area (Å²) in [6.07, 6.45) is 0.757. The fourth-order valence-electron chi connectivity index (χ4n) is 2.36. The zero-order chi connectivity index (χ0) is 13.2. The summed E-state index contributed by atoms with van der Waals surface area (Å²) >= 11 is 0. The lowest BCUT2D eigenvalue weighted by Gasteiger charge is -2.08. The second kappa shape index (κ2) is 4.73. The summed E-state index contributed by atoms with van der Waals surface area (Å²) in [5, 5.41) is 0.761. The zero-order valence-corrected chi connectivity index (χ0v) is 10.8. The molecular weight excluding hydrogens is 234 g/mol. The number of benzene rings is 2. The lowest BCUT2D eigenvalue weighted by molar-refractivity contribution is 1.06. The molecule has 1 aromatic heterocycles. The Hall–Kier alpha value is -2.35. The van der Waals surface area contributed by atoms with Gasteiger partial charge in [-0.15, -0.1) is 0 Å². The van der Waals surface area contributed by atoms with E-state index in [9.17, 15) is 4.79 Å². The topological polar surface area (TPSA) is 32.9 Å². The molecule has 0 fully saturated rings. The maximum atomic E-state index is 12.3. The Morgan fingerprint density at radius 2 is 1.63 bits per heavy atom. The van der Waals surface area contributed by atoms with Crippen molar-refractivity contribution in [3.05, 3.63) is 81.6 Å². The minimum atomic E-state index is 0.125. The van der Waals surface area contributed by atoms with Crippen LogP contribution in [-0.2, 0) is 6.42 Å². The van der Waals surface area contributed by atoms with Crippen LogP contribution in [0.2, 0.25) is 0 Å². The largest absolute Gasteiger partial charge is 0.358 e. The number of hydrogen-bond donors (Lipinski definition) is 1. The minimum Gasteiger partial charge on any atom is -0.358 e. The Balaban J connectivity index is 2.14. The molecule has 1 N–H and O–H groups in total. The van der Waals surface area contributed by atoms with E-state index in [1.807, 2.05) is 49.4 Å². The summed E-state index contributed by atoms with van der Waals surface area (Å²) in [5.74, 6) is 0. The molecule has 0 bridgehead atoms. The molecule has 0 amide bonds. The molecule has 0 atom stereocenters. The number of H-pyrrole nitrogens is 1. The summed E-state index contributed by atoms with van der Waals surface area (Å²) < 4.78 is 0. The van der Waals surface area contributed by atoms with Crippen molar-refractivity contribution in [2.45, 2.75) is 13.3 Å². The van der Waals surface area contributed by atoms with Crippen LogP contribution in [0.3, 0.4) is 0 Å². The highest BCUT2D eigenvalue weighted by atomic mass is 16.1. The van der Waals surface area contributed by atoms with Crippen LogP contribution in [0.25, 0.3) is 10.9 Å². The van der Waals surface area contributed by atoms with Gasteiger partial charge in [0.05, 0.1) is 0 Å². The number of pyridine rings is 1. The Morgan fingerprint density at radius 3 is 2.42 bits per heavy atom. The van der Waals surface area contributed by atoms with Crippen LogP contribution in [0, 0.1) is 6.92 Å². The minimum absolute atomic E-state index is 0.125. The second-order valence-electron chi connectivity index (χ2n) is 4.77. The first kappa shape index (κ1) is 11.7. The van der Waals surface area contributed by atoms with Crippen LogP contribution in [0.4, 0.5) is 0 Å². The van der Waals surface area contributed by atoms with Crippen molar-refractivity contribution in [2.24, 2.45) is 0 Å². The van der Waals surface area contributed by atoms with E-state index < -0.39 is 0 Å². The average molecular weight is 249 g/mol. The molecule has 2 aromatic carbocycles. The number of fused-ring (bicyclic) bond motifs is 1. The molecule has 0 saturated carbocycles. The van der Waals surface area contributed by atoms with Crippen molar-refractivity contribution in [3.63, 3.8) is 0 Å². The molecule has 19 heavy (non-hydrogen) atoms. The number of aromatic amines is 1. The van der Waals surface area contributed by atoms with E-state index >= 15 is 0 Å². The first-order valence-corrected chi connectivity index (χ1v) is 6.40. The van der Waals surface area contributed by atoms with Gasteiger partial charge in [-0.05, 0) is 24.6 Å². The van der Waals surface area contributed by atoms with Crippen molar-refractivity contribution in [1.82, 2.24) is 4.98 Å². The van der Waals surface area contributed by atoms with Crippen LogP contribution >= 0.6 is 0 Å². The van der Waals surface area contributed by atoms with Gasteiger partial charge in [0.15, 0.2) is 5.43 Å². The molecule has 1 heterocycles. The Morgan fingerprint density at radius 1 is 0.947 bits per heavy atom. The van der Waals surface area contributed by atoms with Gasteiger partial charge in [0.1, 0.15) is 0 Å². The van der Waals surface area contributed by atoms with Crippen molar-refractivity contribution in [3.8, 4) is 0 Å². The van der Waals surface area contributed by atoms with E-state index in [2.05, 4.69) is 17.1 Å². The van der Waals surface area contributed by atoms with Gasteiger partial charge in [-0.1, -0.05) is 42.5 Å². The second-order valence-corrected chi connectivity index (χ2v) is 4.77. The highest BCUT2D eigenvalue weighted by Crippen LogP contribution is 2.14. The molecule has 0 spiro atoms. The lowest BCUT2D eigenvalue weighted by Crippen LogP contribution is -2.11. The molecule has 0 radical (unpaired) electrons. The molecule has 0 saturated heterocycles. The van der Waals surface area contributed by atoms with Crippen molar-refractivity contribution in [1.29, 1.82) is 0 Å². The molecule has 3 rings (SSSR count). The Bertz CT molecular complexity index is 772. The summed E-state index contributed by atoms with van der Waals surface area (Å²) in [6, 6.07) is 17.8. The molecule has 0 aliphatic heterocycles. The number of aromatic nitrogens is 1. The average Bonchev–Trinajstić information content (AvgIpc) is 2.46. The van der Waals surface area contributed by atoms with Gasteiger partial charge in [0, 0.05) is 28.6 Å². The predicted octanol–water partition coefficient (Wildman–Crippen LogP) is 3.43. The summed E-state index contributed by atoms with van der Waals surface area (Å²) in [7, 11) is 0. The SMILES string of the molecule is Cc1c(Cc2ccccc2)[nH]c2ccccc2c1=O. The van der Waals surface area contributed by atoms with Crippen LogP contribution in [-0.4, -0.2) is 4.98 Å². The van der Waals surface area contributed by atoms with Crippen molar-refractivity contribution >= 4 is 10.9 Å². The summed E-state index contributed by atoms with van der Waals surface area (Å²) in [5.41, 5.74) is 4.04. The monoisotopic (exact) mass is 249 g/mol. The van der Waals surface area contributed by atoms with E-state index in [1.165, 1.54) is 5.56 Å². The summed E-state index contributed by atoms with van der Waals surface area (Å²) in [4.78, 5) is 15.7. The van der Waals surface area contributed by atoms with Crippen LogP contribution in [0.15, 0.2) is 59.4 Å². The van der Waals surface area contributed by atoms with Gasteiger partial charge in [-0.2, -0.15) is 0 Å². The molecule has 0 aliphatic rings. The Labute approximate surface area is 111 Å². The Kier molecular flexibility index (Phi) is 2.92. The number of hydrogen-bond acceptors (Lipinski definition) is 1. The summed E-state index contributed by atoms with van der Waals surface area (Å²) in [6.45, 7) is 1.89.